The SMILES string of the molecule is Cn1cc(C(Nc2nnc3ccccc3n2)C(=O)O)cn1. The molecule has 8 heteroatoms. The van der Waals surface area contributed by atoms with Gasteiger partial charge in [-0.25, -0.2) is 9.78 Å². The smallest absolute Gasteiger partial charge is 0.331 e. The van der Waals surface area contributed by atoms with Crippen molar-refractivity contribution in [1.29, 1.82) is 0 Å². The summed E-state index contributed by atoms with van der Waals surface area (Å²) < 4.78 is 1.53. The third-order valence-corrected chi connectivity index (χ3v) is 2.94. The molecule has 0 aliphatic carbocycles. The summed E-state index contributed by atoms with van der Waals surface area (Å²) in [6, 6.07) is 6.25. The van der Waals surface area contributed by atoms with Crippen LogP contribution in [0.4, 0.5) is 5.95 Å². The molecule has 0 aliphatic heterocycles. The molecule has 2 aromatic heterocycles. The molecule has 3 rings (SSSR count). The van der Waals surface area contributed by atoms with Gasteiger partial charge in [0.1, 0.15) is 5.52 Å². The van der Waals surface area contributed by atoms with Crippen molar-refractivity contribution < 1.29 is 9.90 Å². The summed E-state index contributed by atoms with van der Waals surface area (Å²) in [6.45, 7) is 0. The second kappa shape index (κ2) is 5.16. The van der Waals surface area contributed by atoms with Gasteiger partial charge in [0, 0.05) is 18.8 Å². The predicted octanol–water partition coefficient (Wildman–Crippen LogP) is 0.996. The highest BCUT2D eigenvalue weighted by Crippen LogP contribution is 2.18. The zero-order chi connectivity index (χ0) is 14.8. The lowest BCUT2D eigenvalue weighted by Gasteiger charge is -2.12. The summed E-state index contributed by atoms with van der Waals surface area (Å²) in [7, 11) is 1.72. The largest absolute Gasteiger partial charge is 0.479 e. The second-order valence-corrected chi connectivity index (χ2v) is 4.49. The molecular formula is C13H12N6O2. The number of aromatic nitrogens is 5. The first-order chi connectivity index (χ1) is 10.1. The number of carbonyl (C=O) groups is 1. The Labute approximate surface area is 119 Å². The highest BCUT2D eigenvalue weighted by molar-refractivity contribution is 5.79. The molecule has 106 valence electrons. The average molecular weight is 284 g/mol. The molecule has 3 aromatic rings. The molecule has 1 atom stereocenters. The van der Waals surface area contributed by atoms with Gasteiger partial charge in [0.05, 0.1) is 11.7 Å². The van der Waals surface area contributed by atoms with Gasteiger partial charge in [-0.05, 0) is 12.1 Å². The van der Waals surface area contributed by atoms with Gasteiger partial charge in [-0.2, -0.15) is 5.10 Å². The Hall–Kier alpha value is -3.03. The molecule has 2 N–H and O–H groups in total. The van der Waals surface area contributed by atoms with Crippen LogP contribution < -0.4 is 5.32 Å². The van der Waals surface area contributed by atoms with Gasteiger partial charge >= 0.3 is 5.97 Å². The van der Waals surface area contributed by atoms with Gasteiger partial charge in [-0.1, -0.05) is 12.1 Å². The minimum atomic E-state index is -1.04. The van der Waals surface area contributed by atoms with Crippen molar-refractivity contribution in [3.63, 3.8) is 0 Å². The highest BCUT2D eigenvalue weighted by atomic mass is 16.4. The number of fused-ring (bicyclic) bond motifs is 1. The van der Waals surface area contributed by atoms with Crippen LogP contribution in [0.25, 0.3) is 11.0 Å². The van der Waals surface area contributed by atoms with E-state index in [-0.39, 0.29) is 5.95 Å². The van der Waals surface area contributed by atoms with Crippen molar-refractivity contribution >= 4 is 23.0 Å². The Morgan fingerprint density at radius 2 is 2.05 bits per heavy atom. The molecule has 0 amide bonds. The zero-order valence-electron chi connectivity index (χ0n) is 11.1. The lowest BCUT2D eigenvalue weighted by Crippen LogP contribution is -2.21. The van der Waals surface area contributed by atoms with Crippen molar-refractivity contribution in [2.45, 2.75) is 6.04 Å². The number of anilines is 1. The number of nitrogens with one attached hydrogen (secondary N) is 1. The third-order valence-electron chi connectivity index (χ3n) is 2.94. The van der Waals surface area contributed by atoms with Gasteiger partial charge < -0.3 is 10.4 Å². The Morgan fingerprint density at radius 3 is 2.71 bits per heavy atom. The summed E-state index contributed by atoms with van der Waals surface area (Å²) in [5.41, 5.74) is 1.81. The number of rotatable bonds is 4. The minimum Gasteiger partial charge on any atom is -0.479 e. The first-order valence-electron chi connectivity index (χ1n) is 6.21. The van der Waals surface area contributed by atoms with Gasteiger partial charge in [0.2, 0.25) is 5.95 Å². The monoisotopic (exact) mass is 284 g/mol. The van der Waals surface area contributed by atoms with Crippen LogP contribution in [0, 0.1) is 0 Å². The van der Waals surface area contributed by atoms with E-state index in [4.69, 9.17) is 0 Å². The van der Waals surface area contributed by atoms with Crippen LogP contribution in [0.3, 0.4) is 0 Å². The fourth-order valence-electron chi connectivity index (χ4n) is 1.95. The van der Waals surface area contributed by atoms with Crippen LogP contribution in [0.1, 0.15) is 11.6 Å². The van der Waals surface area contributed by atoms with Crippen LogP contribution in [0.2, 0.25) is 0 Å². The molecule has 0 aliphatic rings. The van der Waals surface area contributed by atoms with Crippen molar-refractivity contribution in [3.05, 3.63) is 42.2 Å². The van der Waals surface area contributed by atoms with Crippen LogP contribution >= 0.6 is 0 Å². The van der Waals surface area contributed by atoms with Crippen molar-refractivity contribution in [3.8, 4) is 0 Å². The third kappa shape index (κ3) is 2.64. The Kier molecular flexibility index (Phi) is 3.19. The number of carboxylic acid groups (broad SMARTS) is 1. The molecule has 21 heavy (non-hydrogen) atoms. The first kappa shape index (κ1) is 13.0. The summed E-state index contributed by atoms with van der Waals surface area (Å²) in [5.74, 6) is -0.885. The normalized spacial score (nSPS) is 12.2. The van der Waals surface area contributed by atoms with E-state index in [9.17, 15) is 9.90 Å². The maximum atomic E-state index is 11.4. The topological polar surface area (TPSA) is 106 Å². The quantitative estimate of drug-likeness (QED) is 0.736. The molecular weight excluding hydrogens is 272 g/mol. The molecule has 1 aromatic carbocycles. The number of hydrogen-bond donors (Lipinski definition) is 2. The Morgan fingerprint density at radius 1 is 1.29 bits per heavy atom. The van der Waals surface area contributed by atoms with Crippen molar-refractivity contribution in [2.24, 2.45) is 7.05 Å². The Bertz CT molecular complexity index is 800. The van der Waals surface area contributed by atoms with E-state index in [1.165, 1.54) is 10.9 Å². The van der Waals surface area contributed by atoms with Gasteiger partial charge in [0.25, 0.3) is 0 Å². The average Bonchev–Trinajstić information content (AvgIpc) is 2.90. The van der Waals surface area contributed by atoms with E-state index in [1.54, 1.807) is 25.4 Å². The van der Waals surface area contributed by atoms with Crippen LogP contribution in [-0.4, -0.2) is 36.0 Å². The van der Waals surface area contributed by atoms with Gasteiger partial charge in [-0.15, -0.1) is 10.2 Å². The molecule has 0 spiro atoms. The summed E-state index contributed by atoms with van der Waals surface area (Å²) in [6.07, 6.45) is 3.11. The maximum absolute atomic E-state index is 11.4. The van der Waals surface area contributed by atoms with E-state index < -0.39 is 12.0 Å². The van der Waals surface area contributed by atoms with E-state index in [0.29, 0.717) is 16.6 Å². The Balaban J connectivity index is 1.92. The lowest BCUT2D eigenvalue weighted by atomic mass is 10.1. The molecule has 0 saturated carbocycles. The molecule has 0 radical (unpaired) electrons. The van der Waals surface area contributed by atoms with Crippen molar-refractivity contribution in [1.82, 2.24) is 25.0 Å². The predicted molar refractivity (Wildman–Crippen MR) is 74.5 cm³/mol. The fourth-order valence-corrected chi connectivity index (χ4v) is 1.95. The number of carboxylic acids is 1. The minimum absolute atomic E-state index is 0.157. The maximum Gasteiger partial charge on any atom is 0.331 e. The number of aryl methyl sites for hydroxylation is 1. The molecule has 8 nitrogen and oxygen atoms in total. The van der Waals surface area contributed by atoms with Crippen LogP contribution in [0.15, 0.2) is 36.7 Å². The number of benzene rings is 1. The van der Waals surface area contributed by atoms with E-state index in [1.807, 2.05) is 12.1 Å². The van der Waals surface area contributed by atoms with Crippen LogP contribution in [0.5, 0.6) is 0 Å². The van der Waals surface area contributed by atoms with E-state index in [0.717, 1.165) is 0 Å². The fraction of sp³-hybridized carbons (Fsp3) is 0.154. The molecule has 0 bridgehead atoms. The van der Waals surface area contributed by atoms with Gasteiger partial charge in [-0.3, -0.25) is 4.68 Å². The molecule has 1 unspecified atom stereocenters. The van der Waals surface area contributed by atoms with E-state index >= 15 is 0 Å². The number of para-hydroxylation sites is 1. The standard InChI is InChI=1S/C13H12N6O2/c1-19-7-8(6-14-19)11(12(20)21)16-13-15-9-4-2-3-5-10(9)17-18-13/h2-7,11H,1H3,(H,20,21)(H,15,16,18). The number of hydrogen-bond acceptors (Lipinski definition) is 6. The molecule has 0 saturated heterocycles. The number of aliphatic carboxylic acids is 1. The van der Waals surface area contributed by atoms with E-state index in [2.05, 4.69) is 25.6 Å². The zero-order valence-corrected chi connectivity index (χ0v) is 11.1. The summed E-state index contributed by atoms with van der Waals surface area (Å²) in [5, 5.41) is 24.0. The van der Waals surface area contributed by atoms with Gasteiger partial charge in [0.15, 0.2) is 6.04 Å². The molecule has 0 fully saturated rings. The summed E-state index contributed by atoms with van der Waals surface area (Å²) in [4.78, 5) is 15.7. The lowest BCUT2D eigenvalue weighted by molar-refractivity contribution is -0.138. The van der Waals surface area contributed by atoms with Crippen LogP contribution in [-0.2, 0) is 11.8 Å². The molecule has 2 heterocycles. The second-order valence-electron chi connectivity index (χ2n) is 4.49. The van der Waals surface area contributed by atoms with Crippen molar-refractivity contribution in [2.75, 3.05) is 5.32 Å². The summed E-state index contributed by atoms with van der Waals surface area (Å²) >= 11 is 0. The first-order valence-corrected chi connectivity index (χ1v) is 6.21. The highest BCUT2D eigenvalue weighted by Gasteiger charge is 2.22. The number of nitrogens with zero attached hydrogens (tertiary/aromatic N) is 5.